The number of fused-ring (bicyclic) bond motifs is 2. The van der Waals surface area contributed by atoms with Crippen molar-refractivity contribution in [2.45, 2.75) is 25.4 Å². The highest BCUT2D eigenvalue weighted by Gasteiger charge is 2.50. The molecule has 14 heavy (non-hydrogen) atoms. The number of piperidine rings is 1. The minimum absolute atomic E-state index is 0.155. The second-order valence-corrected chi connectivity index (χ2v) is 4.31. The summed E-state index contributed by atoms with van der Waals surface area (Å²) in [7, 11) is 0. The van der Waals surface area contributed by atoms with E-state index in [-0.39, 0.29) is 18.3 Å². The van der Waals surface area contributed by atoms with Gasteiger partial charge in [-0.3, -0.25) is 4.79 Å². The summed E-state index contributed by atoms with van der Waals surface area (Å²) in [6, 6.07) is 0. The van der Waals surface area contributed by atoms with Crippen molar-refractivity contribution in [3.63, 3.8) is 0 Å². The van der Waals surface area contributed by atoms with Gasteiger partial charge >= 0.3 is 5.97 Å². The van der Waals surface area contributed by atoms with Crippen molar-refractivity contribution in [2.24, 2.45) is 5.92 Å². The average Bonchev–Trinajstić information content (AvgIpc) is 2.62. The first kappa shape index (κ1) is 9.93. The van der Waals surface area contributed by atoms with E-state index in [2.05, 4.69) is 4.90 Å². The number of ether oxygens (including phenoxy) is 1. The quantitative estimate of drug-likeness (QED) is 0.650. The third-order valence-corrected chi connectivity index (χ3v) is 3.29. The summed E-state index contributed by atoms with van der Waals surface area (Å²) in [6.45, 7) is 4.82. The number of carbonyl (C=O) groups excluding carboxylic acids is 1. The molecule has 0 aromatic carbocycles. The summed E-state index contributed by atoms with van der Waals surface area (Å²) in [5, 5.41) is 10.2. The normalized spacial score (nSPS) is 40.1. The summed E-state index contributed by atoms with van der Waals surface area (Å²) < 4.78 is 4.86. The van der Waals surface area contributed by atoms with E-state index in [0.29, 0.717) is 13.2 Å². The Balaban J connectivity index is 1.93. The Labute approximate surface area is 83.8 Å². The first-order valence-electron chi connectivity index (χ1n) is 5.24. The van der Waals surface area contributed by atoms with Crippen LogP contribution < -0.4 is 0 Å². The molecule has 0 saturated carbocycles. The molecule has 3 unspecified atom stereocenters. The van der Waals surface area contributed by atoms with Gasteiger partial charge in [-0.1, -0.05) is 0 Å². The molecule has 0 amide bonds. The molecule has 2 fully saturated rings. The van der Waals surface area contributed by atoms with Gasteiger partial charge in [0.1, 0.15) is 0 Å². The van der Waals surface area contributed by atoms with Crippen LogP contribution in [0, 0.1) is 5.92 Å². The summed E-state index contributed by atoms with van der Waals surface area (Å²) in [6.07, 6.45) is 1.16. The van der Waals surface area contributed by atoms with Gasteiger partial charge in [0, 0.05) is 19.0 Å². The smallest absolute Gasteiger partial charge is 0.308 e. The fourth-order valence-electron chi connectivity index (χ4n) is 2.59. The van der Waals surface area contributed by atoms with Crippen LogP contribution in [0.3, 0.4) is 0 Å². The molecular formula is C10H17NO3. The van der Waals surface area contributed by atoms with E-state index in [0.717, 1.165) is 19.5 Å². The first-order valence-corrected chi connectivity index (χ1v) is 5.24. The van der Waals surface area contributed by atoms with Gasteiger partial charge in [0.2, 0.25) is 0 Å². The lowest BCUT2D eigenvalue weighted by Gasteiger charge is -2.31. The monoisotopic (exact) mass is 199 g/mol. The Morgan fingerprint density at radius 1 is 1.71 bits per heavy atom. The summed E-state index contributed by atoms with van der Waals surface area (Å²) in [5.41, 5.74) is -0.815. The number of carbonyl (C=O) groups is 1. The number of aliphatic hydroxyl groups is 1. The van der Waals surface area contributed by atoms with Crippen LogP contribution >= 0.6 is 0 Å². The van der Waals surface area contributed by atoms with Crippen molar-refractivity contribution >= 4 is 5.97 Å². The Bertz CT molecular complexity index is 244. The Morgan fingerprint density at radius 3 is 3.00 bits per heavy atom. The SMILES string of the molecule is CCOC(=O)CC1(O)CN2CCC1C2. The predicted octanol–water partition coefficient (Wildman–Crippen LogP) is 0.00620. The lowest BCUT2D eigenvalue weighted by Crippen LogP contribution is -2.44. The molecule has 0 aromatic heterocycles. The van der Waals surface area contributed by atoms with E-state index < -0.39 is 5.60 Å². The van der Waals surface area contributed by atoms with Crippen molar-refractivity contribution in [2.75, 3.05) is 26.2 Å². The number of esters is 1. The van der Waals surface area contributed by atoms with E-state index in [4.69, 9.17) is 4.74 Å². The molecule has 0 radical (unpaired) electrons. The maximum Gasteiger partial charge on any atom is 0.308 e. The number of hydrogen-bond donors (Lipinski definition) is 1. The van der Waals surface area contributed by atoms with Crippen molar-refractivity contribution in [1.82, 2.24) is 4.90 Å². The average molecular weight is 199 g/mol. The Kier molecular flexibility index (Phi) is 2.49. The third-order valence-electron chi connectivity index (χ3n) is 3.29. The standard InChI is InChI=1S/C10H17NO3/c1-2-14-9(12)5-10(13)7-11-4-3-8(10)6-11/h8,13H,2-7H2,1H3. The van der Waals surface area contributed by atoms with Crippen LogP contribution in [0.1, 0.15) is 19.8 Å². The maximum atomic E-state index is 11.3. The van der Waals surface area contributed by atoms with Crippen LogP contribution in [0.5, 0.6) is 0 Å². The third kappa shape index (κ3) is 1.64. The Morgan fingerprint density at radius 2 is 2.50 bits per heavy atom. The van der Waals surface area contributed by atoms with Crippen LogP contribution in [0.4, 0.5) is 0 Å². The van der Waals surface area contributed by atoms with Gasteiger partial charge in [0.15, 0.2) is 0 Å². The van der Waals surface area contributed by atoms with E-state index >= 15 is 0 Å². The summed E-state index contributed by atoms with van der Waals surface area (Å²) in [5.74, 6) is -0.00402. The molecule has 0 aliphatic carbocycles. The van der Waals surface area contributed by atoms with Gasteiger partial charge in [0.25, 0.3) is 0 Å². The van der Waals surface area contributed by atoms with E-state index in [9.17, 15) is 9.90 Å². The number of rotatable bonds is 3. The fourth-order valence-corrected chi connectivity index (χ4v) is 2.59. The Hall–Kier alpha value is -0.610. The van der Waals surface area contributed by atoms with Crippen LogP contribution in [0.15, 0.2) is 0 Å². The zero-order chi connectivity index (χ0) is 10.2. The van der Waals surface area contributed by atoms with Crippen molar-refractivity contribution < 1.29 is 14.6 Å². The van der Waals surface area contributed by atoms with E-state index in [1.807, 2.05) is 0 Å². The maximum absolute atomic E-state index is 11.3. The van der Waals surface area contributed by atoms with Gasteiger partial charge in [0.05, 0.1) is 18.6 Å². The van der Waals surface area contributed by atoms with Gasteiger partial charge in [-0.05, 0) is 19.9 Å². The highest BCUT2D eigenvalue weighted by molar-refractivity contribution is 5.71. The minimum Gasteiger partial charge on any atom is -0.466 e. The molecule has 3 atom stereocenters. The number of nitrogens with zero attached hydrogens (tertiary/aromatic N) is 1. The largest absolute Gasteiger partial charge is 0.466 e. The molecule has 2 bridgehead atoms. The van der Waals surface area contributed by atoms with Gasteiger partial charge in [-0.15, -0.1) is 0 Å². The number of hydrogen-bond acceptors (Lipinski definition) is 4. The summed E-state index contributed by atoms with van der Waals surface area (Å²) in [4.78, 5) is 13.5. The fraction of sp³-hybridized carbons (Fsp3) is 0.900. The molecular weight excluding hydrogens is 182 g/mol. The van der Waals surface area contributed by atoms with Crippen molar-refractivity contribution in [3.8, 4) is 0 Å². The van der Waals surface area contributed by atoms with Crippen molar-refractivity contribution in [1.29, 1.82) is 0 Å². The van der Waals surface area contributed by atoms with Crippen LogP contribution in [-0.2, 0) is 9.53 Å². The first-order chi connectivity index (χ1) is 6.64. The molecule has 1 N–H and O–H groups in total. The summed E-state index contributed by atoms with van der Waals surface area (Å²) >= 11 is 0. The van der Waals surface area contributed by atoms with Crippen molar-refractivity contribution in [3.05, 3.63) is 0 Å². The van der Waals surface area contributed by atoms with Gasteiger partial charge < -0.3 is 14.7 Å². The predicted molar refractivity (Wildman–Crippen MR) is 50.7 cm³/mol. The lowest BCUT2D eigenvalue weighted by molar-refractivity contribution is -0.150. The molecule has 2 rings (SSSR count). The van der Waals surface area contributed by atoms with Crippen LogP contribution in [0.2, 0.25) is 0 Å². The highest BCUT2D eigenvalue weighted by atomic mass is 16.5. The molecule has 80 valence electrons. The molecule has 4 heteroatoms. The van der Waals surface area contributed by atoms with E-state index in [1.165, 1.54) is 0 Å². The van der Waals surface area contributed by atoms with E-state index in [1.54, 1.807) is 6.92 Å². The van der Waals surface area contributed by atoms with Crippen LogP contribution in [0.25, 0.3) is 0 Å². The molecule has 0 aromatic rings. The molecule has 2 heterocycles. The lowest BCUT2D eigenvalue weighted by atomic mass is 9.85. The molecule has 2 aliphatic rings. The topological polar surface area (TPSA) is 49.8 Å². The van der Waals surface area contributed by atoms with Gasteiger partial charge in [-0.2, -0.15) is 0 Å². The molecule has 0 spiro atoms. The highest BCUT2D eigenvalue weighted by Crippen LogP contribution is 2.38. The molecule has 4 nitrogen and oxygen atoms in total. The van der Waals surface area contributed by atoms with Crippen LogP contribution in [-0.4, -0.2) is 47.8 Å². The zero-order valence-corrected chi connectivity index (χ0v) is 8.53. The zero-order valence-electron chi connectivity index (χ0n) is 8.53. The second-order valence-electron chi connectivity index (χ2n) is 4.31. The molecule has 2 saturated heterocycles. The molecule has 2 aliphatic heterocycles. The minimum atomic E-state index is -0.815. The second kappa shape index (κ2) is 3.51. The van der Waals surface area contributed by atoms with Gasteiger partial charge in [-0.25, -0.2) is 0 Å².